The molecule has 4 heteroatoms. The normalized spacial score (nSPS) is 10.7. The van der Waals surface area contributed by atoms with E-state index < -0.39 is 5.97 Å². The topological polar surface area (TPSA) is 55.1 Å². The molecule has 2 aromatic rings. The van der Waals surface area contributed by atoms with Crippen LogP contribution >= 0.6 is 0 Å². The number of rotatable bonds is 3. The van der Waals surface area contributed by atoms with Crippen LogP contribution in [0.4, 0.5) is 0 Å². The quantitative estimate of drug-likeness (QED) is 0.921. The molecule has 1 heterocycles. The Labute approximate surface area is 112 Å². The van der Waals surface area contributed by atoms with E-state index in [4.69, 9.17) is 5.11 Å². The summed E-state index contributed by atoms with van der Waals surface area (Å²) < 4.78 is 1.84. The van der Waals surface area contributed by atoms with Crippen molar-refractivity contribution in [2.24, 2.45) is 0 Å². The van der Waals surface area contributed by atoms with Gasteiger partial charge in [0.25, 0.3) is 0 Å². The van der Waals surface area contributed by atoms with Crippen LogP contribution in [0.1, 0.15) is 28.1 Å². The molecule has 0 amide bonds. The van der Waals surface area contributed by atoms with E-state index >= 15 is 0 Å². The SMILES string of the molecule is Cc1ccc(-n2nc(C)c(CC(=O)O)c2C)c(C)c1. The van der Waals surface area contributed by atoms with E-state index in [0.717, 1.165) is 28.2 Å². The Morgan fingerprint density at radius 3 is 2.53 bits per heavy atom. The first-order chi connectivity index (χ1) is 8.90. The summed E-state index contributed by atoms with van der Waals surface area (Å²) in [5.74, 6) is -0.827. The number of carboxylic acids is 1. The highest BCUT2D eigenvalue weighted by atomic mass is 16.4. The smallest absolute Gasteiger partial charge is 0.307 e. The van der Waals surface area contributed by atoms with Crippen LogP contribution < -0.4 is 0 Å². The third-order valence-electron chi connectivity index (χ3n) is 3.35. The van der Waals surface area contributed by atoms with E-state index in [9.17, 15) is 4.79 Å². The first kappa shape index (κ1) is 13.3. The Kier molecular flexibility index (Phi) is 3.42. The second-order valence-corrected chi connectivity index (χ2v) is 4.92. The maximum atomic E-state index is 10.9. The van der Waals surface area contributed by atoms with Crippen LogP contribution in [0.2, 0.25) is 0 Å². The third kappa shape index (κ3) is 2.52. The van der Waals surface area contributed by atoms with Gasteiger partial charge < -0.3 is 5.11 Å². The largest absolute Gasteiger partial charge is 0.481 e. The molecule has 0 saturated heterocycles. The van der Waals surface area contributed by atoms with Crippen LogP contribution in [0.15, 0.2) is 18.2 Å². The van der Waals surface area contributed by atoms with E-state index in [1.165, 1.54) is 5.56 Å². The molecule has 19 heavy (non-hydrogen) atoms. The molecule has 4 nitrogen and oxygen atoms in total. The van der Waals surface area contributed by atoms with Gasteiger partial charge in [0.2, 0.25) is 0 Å². The summed E-state index contributed by atoms with van der Waals surface area (Å²) in [6.07, 6.45) is 0.0164. The molecule has 100 valence electrons. The molecule has 1 aromatic heterocycles. The van der Waals surface area contributed by atoms with Gasteiger partial charge in [-0.25, -0.2) is 4.68 Å². The maximum absolute atomic E-state index is 10.9. The van der Waals surface area contributed by atoms with Crippen LogP contribution in [0.3, 0.4) is 0 Å². The van der Waals surface area contributed by atoms with Crippen molar-refractivity contribution < 1.29 is 9.90 Å². The molecule has 0 aliphatic heterocycles. The molecule has 1 N–H and O–H groups in total. The molecule has 0 spiro atoms. The van der Waals surface area contributed by atoms with Crippen LogP contribution in [-0.4, -0.2) is 20.9 Å². The number of benzene rings is 1. The van der Waals surface area contributed by atoms with Crippen molar-refractivity contribution in [3.8, 4) is 5.69 Å². The minimum atomic E-state index is -0.827. The van der Waals surface area contributed by atoms with Crippen molar-refractivity contribution in [3.05, 3.63) is 46.3 Å². The molecule has 0 aliphatic carbocycles. The van der Waals surface area contributed by atoms with Gasteiger partial charge in [0.05, 0.1) is 17.8 Å². The Morgan fingerprint density at radius 2 is 1.95 bits per heavy atom. The molecule has 0 radical (unpaired) electrons. The van der Waals surface area contributed by atoms with Gasteiger partial charge >= 0.3 is 5.97 Å². The summed E-state index contributed by atoms with van der Waals surface area (Å²) in [7, 11) is 0. The minimum Gasteiger partial charge on any atom is -0.481 e. The predicted molar refractivity (Wildman–Crippen MR) is 73.9 cm³/mol. The van der Waals surface area contributed by atoms with Gasteiger partial charge in [-0.05, 0) is 39.3 Å². The average Bonchev–Trinajstić information content (AvgIpc) is 2.57. The Balaban J connectivity index is 2.54. The number of aromatic nitrogens is 2. The lowest BCUT2D eigenvalue weighted by molar-refractivity contribution is -0.136. The van der Waals surface area contributed by atoms with E-state index in [0.29, 0.717) is 0 Å². The standard InChI is InChI=1S/C15H18N2O2/c1-9-5-6-14(10(2)7-9)17-12(4)13(8-15(18)19)11(3)16-17/h5-7H,8H2,1-4H3,(H,18,19). The second kappa shape index (κ2) is 4.88. The van der Waals surface area contributed by atoms with Gasteiger partial charge in [0, 0.05) is 11.3 Å². The number of aliphatic carboxylic acids is 1. The van der Waals surface area contributed by atoms with Crippen molar-refractivity contribution in [3.63, 3.8) is 0 Å². The number of aryl methyl sites for hydroxylation is 3. The van der Waals surface area contributed by atoms with Crippen LogP contribution in [0.25, 0.3) is 5.69 Å². The second-order valence-electron chi connectivity index (χ2n) is 4.92. The molecule has 2 rings (SSSR count). The van der Waals surface area contributed by atoms with Gasteiger partial charge in [-0.2, -0.15) is 5.10 Å². The fourth-order valence-electron chi connectivity index (χ4n) is 2.36. The highest BCUT2D eigenvalue weighted by Gasteiger charge is 2.16. The lowest BCUT2D eigenvalue weighted by Crippen LogP contribution is -2.04. The number of hydrogen-bond donors (Lipinski definition) is 1. The molecule has 0 atom stereocenters. The fraction of sp³-hybridized carbons (Fsp3) is 0.333. The van der Waals surface area contributed by atoms with Gasteiger partial charge in [-0.1, -0.05) is 17.7 Å². The molecular weight excluding hydrogens is 240 g/mol. The summed E-state index contributed by atoms with van der Waals surface area (Å²) in [5.41, 5.74) is 5.81. The average molecular weight is 258 g/mol. The zero-order valence-corrected chi connectivity index (χ0v) is 11.7. The van der Waals surface area contributed by atoms with Crippen LogP contribution in [0.5, 0.6) is 0 Å². The lowest BCUT2D eigenvalue weighted by atomic mass is 10.1. The summed E-state index contributed by atoms with van der Waals surface area (Å²) in [6.45, 7) is 7.85. The van der Waals surface area contributed by atoms with Crippen LogP contribution in [-0.2, 0) is 11.2 Å². The molecular formula is C15H18N2O2. The summed E-state index contributed by atoms with van der Waals surface area (Å²) in [4.78, 5) is 10.9. The zero-order valence-electron chi connectivity index (χ0n) is 11.7. The van der Waals surface area contributed by atoms with Crippen molar-refractivity contribution in [1.29, 1.82) is 0 Å². The van der Waals surface area contributed by atoms with Crippen LogP contribution in [0, 0.1) is 27.7 Å². The van der Waals surface area contributed by atoms with Gasteiger partial charge in [-0.15, -0.1) is 0 Å². The monoisotopic (exact) mass is 258 g/mol. The highest BCUT2D eigenvalue weighted by molar-refractivity contribution is 5.71. The van der Waals surface area contributed by atoms with E-state index in [1.807, 2.05) is 44.5 Å². The Bertz CT molecular complexity index is 642. The van der Waals surface area contributed by atoms with Gasteiger partial charge in [0.1, 0.15) is 0 Å². The van der Waals surface area contributed by atoms with Crippen molar-refractivity contribution in [1.82, 2.24) is 9.78 Å². The van der Waals surface area contributed by atoms with E-state index in [-0.39, 0.29) is 6.42 Å². The van der Waals surface area contributed by atoms with Crippen molar-refractivity contribution >= 4 is 5.97 Å². The molecule has 0 unspecified atom stereocenters. The van der Waals surface area contributed by atoms with Crippen molar-refractivity contribution in [2.45, 2.75) is 34.1 Å². The summed E-state index contributed by atoms with van der Waals surface area (Å²) >= 11 is 0. The first-order valence-corrected chi connectivity index (χ1v) is 6.24. The molecule has 1 aromatic carbocycles. The first-order valence-electron chi connectivity index (χ1n) is 6.24. The predicted octanol–water partition coefficient (Wildman–Crippen LogP) is 2.73. The fourth-order valence-corrected chi connectivity index (χ4v) is 2.36. The van der Waals surface area contributed by atoms with Gasteiger partial charge in [0.15, 0.2) is 0 Å². The minimum absolute atomic E-state index is 0.0164. The summed E-state index contributed by atoms with van der Waals surface area (Å²) in [5, 5.41) is 13.4. The Hall–Kier alpha value is -2.10. The Morgan fingerprint density at radius 1 is 1.26 bits per heavy atom. The molecule has 0 fully saturated rings. The zero-order chi connectivity index (χ0) is 14.2. The van der Waals surface area contributed by atoms with Crippen molar-refractivity contribution in [2.75, 3.05) is 0 Å². The lowest BCUT2D eigenvalue weighted by Gasteiger charge is -2.09. The summed E-state index contributed by atoms with van der Waals surface area (Å²) in [6, 6.07) is 6.16. The number of hydrogen-bond acceptors (Lipinski definition) is 2. The highest BCUT2D eigenvalue weighted by Crippen LogP contribution is 2.21. The molecule has 0 bridgehead atoms. The molecule has 0 saturated carbocycles. The maximum Gasteiger partial charge on any atom is 0.307 e. The third-order valence-corrected chi connectivity index (χ3v) is 3.35. The number of carbonyl (C=O) groups is 1. The van der Waals surface area contributed by atoms with Gasteiger partial charge in [-0.3, -0.25) is 4.79 Å². The number of nitrogens with zero attached hydrogens (tertiary/aromatic N) is 2. The number of carboxylic acid groups (broad SMARTS) is 1. The van der Waals surface area contributed by atoms with E-state index in [2.05, 4.69) is 11.2 Å². The van der Waals surface area contributed by atoms with E-state index in [1.54, 1.807) is 0 Å². The molecule has 0 aliphatic rings.